The van der Waals surface area contributed by atoms with E-state index in [1.54, 1.807) is 13.2 Å². The quantitative estimate of drug-likeness (QED) is 0.413. The number of ketones is 1. The molecule has 164 valence electrons. The number of benzene rings is 1. The molecular formula is C22H18F2N4O4. The highest BCUT2D eigenvalue weighted by Crippen LogP contribution is 2.31. The van der Waals surface area contributed by atoms with Crippen LogP contribution in [-0.2, 0) is 13.7 Å². The van der Waals surface area contributed by atoms with Gasteiger partial charge in [-0.1, -0.05) is 0 Å². The highest BCUT2D eigenvalue weighted by atomic mass is 19.1. The minimum absolute atomic E-state index is 0.0182. The fourth-order valence-electron chi connectivity index (χ4n) is 3.48. The maximum absolute atomic E-state index is 15.2. The summed E-state index contributed by atoms with van der Waals surface area (Å²) in [5.74, 6) is -3.63. The van der Waals surface area contributed by atoms with Crippen LogP contribution in [0.15, 0.2) is 42.9 Å². The minimum atomic E-state index is -0.967. The molecule has 0 aliphatic heterocycles. The fraction of sp³-hybridized carbons (Fsp3) is 0.136. The van der Waals surface area contributed by atoms with Gasteiger partial charge in [0.25, 0.3) is 5.91 Å². The van der Waals surface area contributed by atoms with Crippen molar-refractivity contribution in [3.8, 4) is 16.9 Å². The van der Waals surface area contributed by atoms with E-state index in [1.165, 1.54) is 36.0 Å². The summed E-state index contributed by atoms with van der Waals surface area (Å²) in [6, 6.07) is 4.98. The van der Waals surface area contributed by atoms with Crippen molar-refractivity contribution in [2.45, 2.75) is 13.5 Å². The van der Waals surface area contributed by atoms with Gasteiger partial charge in [0.1, 0.15) is 0 Å². The summed E-state index contributed by atoms with van der Waals surface area (Å²) in [5.41, 5.74) is 0.752. The molecule has 8 nitrogen and oxygen atoms in total. The molecule has 0 unspecified atom stereocenters. The molecule has 1 amide bonds. The maximum atomic E-state index is 15.2. The molecule has 1 aromatic carbocycles. The van der Waals surface area contributed by atoms with Crippen molar-refractivity contribution >= 4 is 22.9 Å². The Morgan fingerprint density at radius 3 is 2.53 bits per heavy atom. The second kappa shape index (κ2) is 7.89. The summed E-state index contributed by atoms with van der Waals surface area (Å²) in [7, 11) is 1.67. The zero-order chi connectivity index (χ0) is 23.2. The van der Waals surface area contributed by atoms with Gasteiger partial charge in [0.05, 0.1) is 35.3 Å². The van der Waals surface area contributed by atoms with Crippen molar-refractivity contribution < 1.29 is 28.6 Å². The van der Waals surface area contributed by atoms with Crippen LogP contribution in [-0.4, -0.2) is 36.1 Å². The van der Waals surface area contributed by atoms with Crippen LogP contribution in [0.5, 0.6) is 5.75 Å². The van der Waals surface area contributed by atoms with Gasteiger partial charge in [-0.05, 0) is 23.8 Å². The Morgan fingerprint density at radius 1 is 1.16 bits per heavy atom. The first kappa shape index (κ1) is 21.2. The Kier molecular flexibility index (Phi) is 5.23. The molecule has 0 fully saturated rings. The summed E-state index contributed by atoms with van der Waals surface area (Å²) < 4.78 is 31.7. The fourth-order valence-corrected chi connectivity index (χ4v) is 3.48. The minimum Gasteiger partial charge on any atom is -0.505 e. The first-order chi connectivity index (χ1) is 15.2. The molecule has 10 heteroatoms. The third-order valence-electron chi connectivity index (χ3n) is 5.02. The molecule has 0 radical (unpaired) electrons. The van der Waals surface area contributed by atoms with Crippen LogP contribution in [0, 0.1) is 11.6 Å². The van der Waals surface area contributed by atoms with E-state index in [0.29, 0.717) is 11.1 Å². The number of amides is 1. The Labute approximate surface area is 180 Å². The number of Topliss-reactive ketones (excluding diaryl/α,β-unsaturated/α-hetero) is 1. The number of hydrogen-bond acceptors (Lipinski definition) is 5. The number of nitrogens with zero attached hydrogens (tertiary/aromatic N) is 3. The standard InChI is InChI=1S/C22H18F2N4O4/c1-11(30)18-5-15(19-6-20(31)16(23)9-28(18)19)22(32)26-17-4-12(10-29)3-14(21(17)24)13-7-25-27(2)8-13/h3-9,29,31H,10H2,1-2H3,(H,26,32). The smallest absolute Gasteiger partial charge is 0.257 e. The average Bonchev–Trinajstić information content (AvgIpc) is 3.33. The van der Waals surface area contributed by atoms with E-state index in [4.69, 9.17) is 0 Å². The number of aliphatic hydroxyl groups is 1. The number of carbonyl (C=O) groups excluding carboxylic acids is 2. The van der Waals surface area contributed by atoms with Crippen LogP contribution in [0.25, 0.3) is 16.6 Å². The zero-order valence-corrected chi connectivity index (χ0v) is 17.1. The number of rotatable bonds is 5. The first-order valence-corrected chi connectivity index (χ1v) is 9.47. The second-order valence-corrected chi connectivity index (χ2v) is 7.28. The first-order valence-electron chi connectivity index (χ1n) is 9.47. The van der Waals surface area contributed by atoms with E-state index in [9.17, 15) is 24.2 Å². The average molecular weight is 440 g/mol. The molecule has 32 heavy (non-hydrogen) atoms. The third-order valence-corrected chi connectivity index (χ3v) is 5.02. The number of halogens is 2. The van der Waals surface area contributed by atoms with Gasteiger partial charge in [0.15, 0.2) is 23.2 Å². The van der Waals surface area contributed by atoms with Crippen molar-refractivity contribution in [1.82, 2.24) is 14.2 Å². The van der Waals surface area contributed by atoms with Crippen molar-refractivity contribution in [2.75, 3.05) is 5.32 Å². The SMILES string of the molecule is CC(=O)c1cc(C(=O)Nc2cc(CO)cc(-c3cnn(C)c3)c2F)c2cc(O)c(F)cn12. The van der Waals surface area contributed by atoms with E-state index in [0.717, 1.165) is 16.7 Å². The van der Waals surface area contributed by atoms with E-state index < -0.39 is 35.7 Å². The van der Waals surface area contributed by atoms with E-state index in [2.05, 4.69) is 10.4 Å². The number of hydrogen-bond donors (Lipinski definition) is 3. The number of anilines is 1. The lowest BCUT2D eigenvalue weighted by molar-refractivity contribution is 0.101. The molecule has 4 rings (SSSR count). The number of aryl methyl sites for hydroxylation is 1. The van der Waals surface area contributed by atoms with Gasteiger partial charge in [-0.15, -0.1) is 0 Å². The van der Waals surface area contributed by atoms with Gasteiger partial charge in [-0.3, -0.25) is 14.3 Å². The molecule has 0 bridgehead atoms. The highest BCUT2D eigenvalue weighted by molar-refractivity contribution is 6.11. The van der Waals surface area contributed by atoms with Gasteiger partial charge in [-0.25, -0.2) is 8.78 Å². The number of aliphatic hydroxyl groups excluding tert-OH is 1. The molecule has 0 saturated carbocycles. The highest BCUT2D eigenvalue weighted by Gasteiger charge is 2.22. The molecule has 3 heterocycles. The predicted molar refractivity (Wildman–Crippen MR) is 112 cm³/mol. The number of aromatic nitrogens is 3. The molecule has 3 aromatic heterocycles. The molecule has 3 N–H and O–H groups in total. The van der Waals surface area contributed by atoms with Crippen LogP contribution in [0.1, 0.15) is 33.3 Å². The van der Waals surface area contributed by atoms with Gasteiger partial charge in [0.2, 0.25) is 0 Å². The largest absolute Gasteiger partial charge is 0.505 e. The van der Waals surface area contributed by atoms with E-state index in [1.807, 2.05) is 0 Å². The van der Waals surface area contributed by atoms with Crippen molar-refractivity contribution in [3.63, 3.8) is 0 Å². The van der Waals surface area contributed by atoms with Crippen LogP contribution < -0.4 is 5.32 Å². The van der Waals surface area contributed by atoms with Crippen LogP contribution in [0.4, 0.5) is 14.5 Å². The van der Waals surface area contributed by atoms with Crippen molar-refractivity contribution in [1.29, 1.82) is 0 Å². The van der Waals surface area contributed by atoms with Gasteiger partial charge in [0, 0.05) is 43.6 Å². The summed E-state index contributed by atoms with van der Waals surface area (Å²) in [5, 5.41) is 25.8. The lowest BCUT2D eigenvalue weighted by Crippen LogP contribution is -2.13. The van der Waals surface area contributed by atoms with Crippen LogP contribution in [0.3, 0.4) is 0 Å². The molecule has 0 saturated heterocycles. The Morgan fingerprint density at radius 2 is 1.91 bits per heavy atom. The van der Waals surface area contributed by atoms with Gasteiger partial charge in [-0.2, -0.15) is 5.10 Å². The lowest BCUT2D eigenvalue weighted by Gasteiger charge is -2.11. The number of pyridine rings is 1. The van der Waals surface area contributed by atoms with E-state index >= 15 is 4.39 Å². The van der Waals surface area contributed by atoms with E-state index in [-0.39, 0.29) is 28.0 Å². The molecule has 0 aliphatic carbocycles. The maximum Gasteiger partial charge on any atom is 0.257 e. The number of nitrogens with one attached hydrogen (secondary N) is 1. The summed E-state index contributed by atoms with van der Waals surface area (Å²) in [6.07, 6.45) is 3.93. The number of fused-ring (bicyclic) bond motifs is 1. The lowest BCUT2D eigenvalue weighted by atomic mass is 10.0. The molecule has 0 atom stereocenters. The number of aromatic hydroxyl groups is 1. The zero-order valence-electron chi connectivity index (χ0n) is 17.1. The van der Waals surface area contributed by atoms with Crippen molar-refractivity contribution in [3.05, 3.63) is 71.3 Å². The Hall–Kier alpha value is -4.05. The summed E-state index contributed by atoms with van der Waals surface area (Å²) >= 11 is 0. The topological polar surface area (TPSA) is 109 Å². The Bertz CT molecular complexity index is 1390. The molecular weight excluding hydrogens is 422 g/mol. The van der Waals surface area contributed by atoms with Crippen LogP contribution >= 0.6 is 0 Å². The predicted octanol–water partition coefficient (Wildman–Crippen LogP) is 3.27. The Balaban J connectivity index is 1.80. The normalized spacial score (nSPS) is 11.2. The monoisotopic (exact) mass is 440 g/mol. The number of carbonyl (C=O) groups is 2. The molecule has 0 aliphatic rings. The summed E-state index contributed by atoms with van der Waals surface area (Å²) in [4.78, 5) is 25.0. The van der Waals surface area contributed by atoms with Gasteiger partial charge >= 0.3 is 0 Å². The molecule has 0 spiro atoms. The van der Waals surface area contributed by atoms with Crippen LogP contribution in [0.2, 0.25) is 0 Å². The second-order valence-electron chi connectivity index (χ2n) is 7.28. The third kappa shape index (κ3) is 3.60. The van der Waals surface area contributed by atoms with Crippen molar-refractivity contribution in [2.24, 2.45) is 7.05 Å². The van der Waals surface area contributed by atoms with Gasteiger partial charge < -0.3 is 19.9 Å². The summed E-state index contributed by atoms with van der Waals surface area (Å²) in [6.45, 7) is 0.853. The molecule has 4 aromatic rings.